The van der Waals surface area contributed by atoms with Gasteiger partial charge in [0.25, 0.3) is 0 Å². The number of hydrogen-bond acceptors (Lipinski definition) is 3. The third kappa shape index (κ3) is 2.73. The first-order chi connectivity index (χ1) is 7.60. The van der Waals surface area contributed by atoms with E-state index in [1.54, 1.807) is 19.1 Å². The zero-order valence-electron chi connectivity index (χ0n) is 9.60. The fourth-order valence-corrected chi connectivity index (χ4v) is 1.68. The van der Waals surface area contributed by atoms with E-state index in [0.29, 0.717) is 12.1 Å². The minimum atomic E-state index is -0.908. The van der Waals surface area contributed by atoms with Gasteiger partial charge in [-0.15, -0.1) is 0 Å². The zero-order valence-corrected chi connectivity index (χ0v) is 9.60. The number of carboxylic acids is 1. The first-order valence-corrected chi connectivity index (χ1v) is 5.30. The van der Waals surface area contributed by atoms with Crippen LogP contribution in [0.2, 0.25) is 0 Å². The number of carboxylic acid groups (broad SMARTS) is 1. The predicted octanol–water partition coefficient (Wildman–Crippen LogP) is 1.51. The van der Waals surface area contributed by atoms with Gasteiger partial charge in [0.2, 0.25) is 0 Å². The monoisotopic (exact) mass is 223 g/mol. The molecule has 0 aliphatic carbocycles. The van der Waals surface area contributed by atoms with Gasteiger partial charge in [0, 0.05) is 18.8 Å². The van der Waals surface area contributed by atoms with Gasteiger partial charge in [-0.2, -0.15) is 0 Å². The molecule has 0 unspecified atom stereocenters. The summed E-state index contributed by atoms with van der Waals surface area (Å²) in [5.41, 5.74) is 2.00. The number of hydrogen-bond donors (Lipinski definition) is 2. The summed E-state index contributed by atoms with van der Waals surface area (Å²) in [6, 6.07) is 5.21. The largest absolute Gasteiger partial charge is 0.478 e. The maximum Gasteiger partial charge on any atom is 0.335 e. The highest BCUT2D eigenvalue weighted by molar-refractivity contribution is 5.89. The molecule has 1 rings (SSSR count). The Balaban J connectivity index is 2.99. The van der Waals surface area contributed by atoms with Crippen LogP contribution in [0.25, 0.3) is 0 Å². The summed E-state index contributed by atoms with van der Waals surface area (Å²) >= 11 is 0. The van der Waals surface area contributed by atoms with Crippen molar-refractivity contribution < 1.29 is 15.0 Å². The zero-order chi connectivity index (χ0) is 12.1. The lowest BCUT2D eigenvalue weighted by Gasteiger charge is -2.22. The van der Waals surface area contributed by atoms with Crippen molar-refractivity contribution in [2.24, 2.45) is 0 Å². The van der Waals surface area contributed by atoms with Crippen LogP contribution in [0.5, 0.6) is 0 Å². The van der Waals surface area contributed by atoms with Crippen LogP contribution >= 0.6 is 0 Å². The molecule has 4 nitrogen and oxygen atoms in total. The van der Waals surface area contributed by atoms with Gasteiger partial charge >= 0.3 is 5.97 Å². The summed E-state index contributed by atoms with van der Waals surface area (Å²) in [5.74, 6) is -0.908. The summed E-state index contributed by atoms with van der Waals surface area (Å²) in [6.45, 7) is 5.21. The number of likely N-dealkylation sites (N-methyl/N-ethyl adjacent to an activating group) is 1. The molecule has 1 aromatic carbocycles. The summed E-state index contributed by atoms with van der Waals surface area (Å²) in [6.07, 6.45) is 0. The molecule has 0 aromatic heterocycles. The van der Waals surface area contributed by atoms with E-state index < -0.39 is 5.97 Å². The Kier molecular flexibility index (Phi) is 4.31. The summed E-state index contributed by atoms with van der Waals surface area (Å²) in [7, 11) is 0. The maximum atomic E-state index is 10.8. The molecule has 0 aliphatic heterocycles. The highest BCUT2D eigenvalue weighted by Gasteiger charge is 2.09. The number of aliphatic hydroxyl groups is 1. The Morgan fingerprint density at radius 3 is 2.56 bits per heavy atom. The molecule has 0 aliphatic rings. The molecule has 16 heavy (non-hydrogen) atoms. The van der Waals surface area contributed by atoms with Crippen molar-refractivity contribution >= 4 is 11.7 Å². The lowest BCUT2D eigenvalue weighted by atomic mass is 10.1. The van der Waals surface area contributed by atoms with Gasteiger partial charge in [-0.3, -0.25) is 0 Å². The Bertz CT molecular complexity index is 377. The topological polar surface area (TPSA) is 60.8 Å². The second-order valence-electron chi connectivity index (χ2n) is 3.61. The third-order valence-corrected chi connectivity index (χ3v) is 2.56. The van der Waals surface area contributed by atoms with Gasteiger partial charge in [0.15, 0.2) is 0 Å². The molecule has 0 radical (unpaired) electrons. The fraction of sp³-hybridized carbons (Fsp3) is 0.417. The molecule has 0 spiro atoms. The van der Waals surface area contributed by atoms with Crippen LogP contribution in [0.3, 0.4) is 0 Å². The Labute approximate surface area is 95.1 Å². The summed E-state index contributed by atoms with van der Waals surface area (Å²) in [4.78, 5) is 12.8. The van der Waals surface area contributed by atoms with Crippen LogP contribution in [0.4, 0.5) is 5.69 Å². The standard InChI is InChI=1S/C12H17NO3/c1-3-13(6-7-14)10-4-5-11(12(15)16)9(2)8-10/h4-5,8,14H,3,6-7H2,1-2H3,(H,15,16). The van der Waals surface area contributed by atoms with Crippen molar-refractivity contribution in [3.63, 3.8) is 0 Å². The van der Waals surface area contributed by atoms with Crippen molar-refractivity contribution in [1.82, 2.24) is 0 Å². The second kappa shape index (κ2) is 5.51. The third-order valence-electron chi connectivity index (χ3n) is 2.56. The molecule has 2 N–H and O–H groups in total. The van der Waals surface area contributed by atoms with Crippen LogP contribution in [0.1, 0.15) is 22.8 Å². The number of benzene rings is 1. The number of anilines is 1. The van der Waals surface area contributed by atoms with Gasteiger partial charge in [-0.25, -0.2) is 4.79 Å². The van der Waals surface area contributed by atoms with Crippen molar-refractivity contribution in [1.29, 1.82) is 0 Å². The van der Waals surface area contributed by atoms with Gasteiger partial charge in [-0.05, 0) is 37.6 Å². The second-order valence-corrected chi connectivity index (χ2v) is 3.61. The molecule has 4 heteroatoms. The smallest absolute Gasteiger partial charge is 0.335 e. The van der Waals surface area contributed by atoms with Gasteiger partial charge in [0.05, 0.1) is 12.2 Å². The number of nitrogens with zero attached hydrogens (tertiary/aromatic N) is 1. The lowest BCUT2D eigenvalue weighted by Crippen LogP contribution is -2.26. The number of aryl methyl sites for hydroxylation is 1. The highest BCUT2D eigenvalue weighted by Crippen LogP contribution is 2.19. The number of carbonyl (C=O) groups is 1. The lowest BCUT2D eigenvalue weighted by molar-refractivity contribution is 0.0696. The Morgan fingerprint density at radius 1 is 1.44 bits per heavy atom. The van der Waals surface area contributed by atoms with Crippen molar-refractivity contribution in [2.45, 2.75) is 13.8 Å². The normalized spacial score (nSPS) is 10.2. The molecule has 0 atom stereocenters. The summed E-state index contributed by atoms with van der Waals surface area (Å²) < 4.78 is 0. The van der Waals surface area contributed by atoms with Gasteiger partial charge in [-0.1, -0.05) is 0 Å². The molecule has 0 bridgehead atoms. The molecule has 0 saturated carbocycles. The first-order valence-electron chi connectivity index (χ1n) is 5.30. The number of aromatic carboxylic acids is 1. The van der Waals surface area contributed by atoms with E-state index in [4.69, 9.17) is 10.2 Å². The minimum absolute atomic E-state index is 0.0908. The molecular formula is C12H17NO3. The quantitative estimate of drug-likeness (QED) is 0.794. The molecule has 0 fully saturated rings. The van der Waals surface area contributed by atoms with E-state index in [2.05, 4.69) is 0 Å². The molecule has 0 amide bonds. The predicted molar refractivity (Wildman–Crippen MR) is 63.1 cm³/mol. The SMILES string of the molecule is CCN(CCO)c1ccc(C(=O)O)c(C)c1. The Morgan fingerprint density at radius 2 is 2.12 bits per heavy atom. The van der Waals surface area contributed by atoms with Crippen LogP contribution in [-0.2, 0) is 0 Å². The van der Waals surface area contributed by atoms with E-state index in [1.165, 1.54) is 0 Å². The van der Waals surface area contributed by atoms with Gasteiger partial charge in [0.1, 0.15) is 0 Å². The highest BCUT2D eigenvalue weighted by atomic mass is 16.4. The molecule has 0 saturated heterocycles. The molecular weight excluding hydrogens is 206 g/mol. The maximum absolute atomic E-state index is 10.8. The van der Waals surface area contributed by atoms with Gasteiger partial charge < -0.3 is 15.1 Å². The van der Waals surface area contributed by atoms with Crippen LogP contribution in [0.15, 0.2) is 18.2 Å². The molecule has 1 aromatic rings. The van der Waals surface area contributed by atoms with Crippen molar-refractivity contribution in [3.8, 4) is 0 Å². The van der Waals surface area contributed by atoms with Crippen LogP contribution in [-0.4, -0.2) is 35.9 Å². The summed E-state index contributed by atoms with van der Waals surface area (Å²) in [5, 5.41) is 17.8. The van der Waals surface area contributed by atoms with E-state index in [-0.39, 0.29) is 6.61 Å². The average molecular weight is 223 g/mol. The fourth-order valence-electron chi connectivity index (χ4n) is 1.68. The van der Waals surface area contributed by atoms with E-state index in [0.717, 1.165) is 17.8 Å². The Hall–Kier alpha value is -1.55. The van der Waals surface area contributed by atoms with Crippen LogP contribution < -0.4 is 4.90 Å². The van der Waals surface area contributed by atoms with Crippen LogP contribution in [0, 0.1) is 6.92 Å². The molecule has 88 valence electrons. The van der Waals surface area contributed by atoms with E-state index >= 15 is 0 Å². The van der Waals surface area contributed by atoms with Crippen molar-refractivity contribution in [2.75, 3.05) is 24.6 Å². The van der Waals surface area contributed by atoms with Crippen molar-refractivity contribution in [3.05, 3.63) is 29.3 Å². The average Bonchev–Trinajstić information content (AvgIpc) is 2.25. The molecule has 0 heterocycles. The first kappa shape index (κ1) is 12.5. The minimum Gasteiger partial charge on any atom is -0.478 e. The number of aliphatic hydroxyl groups excluding tert-OH is 1. The number of rotatable bonds is 5. The van der Waals surface area contributed by atoms with E-state index in [9.17, 15) is 4.79 Å². The van der Waals surface area contributed by atoms with E-state index in [1.807, 2.05) is 17.9 Å².